The molecular weight excluding hydrogens is 237 g/mol. The smallest absolute Gasteiger partial charge is 0.744 e. The normalized spacial score (nSPS) is 10.5. The van der Waals surface area contributed by atoms with Gasteiger partial charge in [-0.2, -0.15) is 0 Å². The van der Waals surface area contributed by atoms with Crippen molar-refractivity contribution in [1.29, 1.82) is 0 Å². The molecule has 0 aliphatic rings. The molecule has 1 N–H and O–H groups in total. The molecular formula is C6H4NNaO6S. The molecule has 0 bridgehead atoms. The quantitative estimate of drug-likeness (QED) is 0.258. The average Bonchev–Trinajstić information content (AvgIpc) is 2.01. The van der Waals surface area contributed by atoms with Gasteiger partial charge in [0.25, 0.3) is 5.69 Å². The molecule has 76 valence electrons. The number of nitro benzene ring substituents is 1. The SMILES string of the molecule is O=[N+]([O-])c1cc(O)ccc1S(=O)(=O)[O-].[Na+]. The van der Waals surface area contributed by atoms with Crippen molar-refractivity contribution in [3.05, 3.63) is 28.3 Å². The molecule has 0 atom stereocenters. The average molecular weight is 241 g/mol. The number of benzene rings is 1. The van der Waals surface area contributed by atoms with E-state index >= 15 is 0 Å². The Labute approximate surface area is 107 Å². The van der Waals surface area contributed by atoms with Crippen molar-refractivity contribution in [2.24, 2.45) is 0 Å². The summed E-state index contributed by atoms with van der Waals surface area (Å²) in [6, 6.07) is 2.18. The van der Waals surface area contributed by atoms with Gasteiger partial charge < -0.3 is 9.66 Å². The second-order valence-electron chi connectivity index (χ2n) is 2.36. The molecule has 0 fully saturated rings. The van der Waals surface area contributed by atoms with E-state index in [2.05, 4.69) is 0 Å². The Balaban J connectivity index is 0.00000196. The topological polar surface area (TPSA) is 121 Å². The van der Waals surface area contributed by atoms with Crippen molar-refractivity contribution < 1.29 is 52.6 Å². The van der Waals surface area contributed by atoms with Crippen LogP contribution in [-0.4, -0.2) is 23.0 Å². The van der Waals surface area contributed by atoms with E-state index in [1.54, 1.807) is 0 Å². The Kier molecular flexibility index (Phi) is 4.68. The van der Waals surface area contributed by atoms with Crippen LogP contribution in [0.1, 0.15) is 0 Å². The number of phenols is 1. The summed E-state index contributed by atoms with van der Waals surface area (Å²) in [6.45, 7) is 0. The molecule has 0 amide bonds. The van der Waals surface area contributed by atoms with Crippen LogP contribution in [0.5, 0.6) is 5.75 Å². The van der Waals surface area contributed by atoms with Gasteiger partial charge in [-0.1, -0.05) is 0 Å². The van der Waals surface area contributed by atoms with Crippen molar-refractivity contribution in [3.63, 3.8) is 0 Å². The van der Waals surface area contributed by atoms with Crippen molar-refractivity contribution in [2.75, 3.05) is 0 Å². The summed E-state index contributed by atoms with van der Waals surface area (Å²) in [5.41, 5.74) is -0.931. The molecule has 1 aromatic carbocycles. The maximum absolute atomic E-state index is 10.5. The number of aromatic hydroxyl groups is 1. The fourth-order valence-corrected chi connectivity index (χ4v) is 1.48. The zero-order chi connectivity index (χ0) is 10.9. The van der Waals surface area contributed by atoms with E-state index in [4.69, 9.17) is 5.11 Å². The standard InChI is InChI=1S/C6H5NO6S.Na/c8-4-1-2-6(14(11,12)13)5(3-4)7(9)10;/h1-3,8H,(H,11,12,13);/q;+1/p-1. The largest absolute Gasteiger partial charge is 1.00 e. The summed E-state index contributed by atoms with van der Waals surface area (Å²) in [5.74, 6) is -0.482. The molecule has 0 aromatic heterocycles. The van der Waals surface area contributed by atoms with Gasteiger partial charge in [0, 0.05) is 0 Å². The zero-order valence-corrected chi connectivity index (χ0v) is 10.4. The van der Waals surface area contributed by atoms with E-state index in [0.717, 1.165) is 6.07 Å². The van der Waals surface area contributed by atoms with Crippen LogP contribution in [-0.2, 0) is 10.1 Å². The van der Waals surface area contributed by atoms with Crippen LogP contribution in [0.2, 0.25) is 0 Å². The molecule has 0 radical (unpaired) electrons. The maximum Gasteiger partial charge on any atom is 1.00 e. The van der Waals surface area contributed by atoms with Crippen molar-refractivity contribution >= 4 is 15.8 Å². The van der Waals surface area contributed by atoms with Crippen molar-refractivity contribution in [2.45, 2.75) is 4.90 Å². The Hall–Kier alpha value is -0.670. The molecule has 0 aliphatic carbocycles. The predicted octanol–water partition coefficient (Wildman–Crippen LogP) is -2.79. The second kappa shape index (κ2) is 4.90. The summed E-state index contributed by atoms with van der Waals surface area (Å²) in [6.07, 6.45) is 0. The molecule has 15 heavy (non-hydrogen) atoms. The zero-order valence-electron chi connectivity index (χ0n) is 7.58. The summed E-state index contributed by atoms with van der Waals surface area (Å²) in [7, 11) is -4.90. The number of hydrogen-bond donors (Lipinski definition) is 1. The summed E-state index contributed by atoms with van der Waals surface area (Å²) in [5, 5.41) is 19.2. The van der Waals surface area contributed by atoms with Crippen LogP contribution in [0.15, 0.2) is 23.1 Å². The molecule has 0 saturated heterocycles. The Bertz CT molecular complexity index is 484. The second-order valence-corrected chi connectivity index (χ2v) is 3.71. The van der Waals surface area contributed by atoms with Crippen LogP contribution in [0.3, 0.4) is 0 Å². The fraction of sp³-hybridized carbons (Fsp3) is 0. The number of rotatable bonds is 2. The van der Waals surface area contributed by atoms with Crippen molar-refractivity contribution in [1.82, 2.24) is 0 Å². The van der Waals surface area contributed by atoms with Gasteiger partial charge in [-0.3, -0.25) is 10.1 Å². The molecule has 7 nitrogen and oxygen atoms in total. The van der Waals surface area contributed by atoms with Gasteiger partial charge in [0.15, 0.2) is 0 Å². The van der Waals surface area contributed by atoms with Crippen molar-refractivity contribution in [3.8, 4) is 5.75 Å². The molecule has 1 rings (SSSR count). The minimum absolute atomic E-state index is 0. The first-order valence-electron chi connectivity index (χ1n) is 3.25. The third-order valence-electron chi connectivity index (χ3n) is 1.41. The first-order valence-corrected chi connectivity index (χ1v) is 4.66. The summed E-state index contributed by atoms with van der Waals surface area (Å²) >= 11 is 0. The Morgan fingerprint density at radius 3 is 2.27 bits per heavy atom. The van der Waals surface area contributed by atoms with E-state index < -0.39 is 31.4 Å². The maximum atomic E-state index is 10.5. The molecule has 0 heterocycles. The van der Waals surface area contributed by atoms with E-state index in [9.17, 15) is 23.1 Å². The van der Waals surface area contributed by atoms with Gasteiger partial charge in [0.2, 0.25) is 0 Å². The third-order valence-corrected chi connectivity index (χ3v) is 2.29. The molecule has 9 heteroatoms. The van der Waals surface area contributed by atoms with Gasteiger partial charge in [0.05, 0.1) is 11.0 Å². The van der Waals surface area contributed by atoms with E-state index in [1.807, 2.05) is 0 Å². The van der Waals surface area contributed by atoms with Gasteiger partial charge >= 0.3 is 29.6 Å². The van der Waals surface area contributed by atoms with E-state index in [1.165, 1.54) is 0 Å². The first-order chi connectivity index (χ1) is 6.32. The molecule has 1 aromatic rings. The molecule has 0 saturated carbocycles. The minimum Gasteiger partial charge on any atom is -0.744 e. The molecule has 0 unspecified atom stereocenters. The molecule has 0 aliphatic heterocycles. The molecule has 0 spiro atoms. The number of nitrogens with zero attached hydrogens (tertiary/aromatic N) is 1. The van der Waals surface area contributed by atoms with Crippen LogP contribution in [0.25, 0.3) is 0 Å². The monoisotopic (exact) mass is 241 g/mol. The fourth-order valence-electron chi connectivity index (χ4n) is 0.860. The predicted molar refractivity (Wildman–Crippen MR) is 42.7 cm³/mol. The number of nitro groups is 1. The van der Waals surface area contributed by atoms with Crippen LogP contribution in [0.4, 0.5) is 5.69 Å². The third kappa shape index (κ3) is 3.43. The first kappa shape index (κ1) is 14.3. The summed E-state index contributed by atoms with van der Waals surface area (Å²) < 4.78 is 31.6. The Morgan fingerprint density at radius 2 is 1.87 bits per heavy atom. The van der Waals surface area contributed by atoms with Gasteiger partial charge in [-0.05, 0) is 12.1 Å². The van der Waals surface area contributed by atoms with E-state index in [-0.39, 0.29) is 29.6 Å². The number of hydrogen-bond acceptors (Lipinski definition) is 6. The van der Waals surface area contributed by atoms with Gasteiger partial charge in [0.1, 0.15) is 20.8 Å². The Morgan fingerprint density at radius 1 is 1.33 bits per heavy atom. The number of phenolic OH excluding ortho intramolecular Hbond substituents is 1. The van der Waals surface area contributed by atoms with Crippen LogP contribution >= 0.6 is 0 Å². The van der Waals surface area contributed by atoms with Gasteiger partial charge in [-0.25, -0.2) is 8.42 Å². The minimum atomic E-state index is -4.90. The van der Waals surface area contributed by atoms with Gasteiger partial charge in [-0.15, -0.1) is 0 Å². The van der Waals surface area contributed by atoms with E-state index in [0.29, 0.717) is 12.1 Å². The van der Waals surface area contributed by atoms with Crippen LogP contribution < -0.4 is 29.6 Å². The van der Waals surface area contributed by atoms with Crippen LogP contribution in [0, 0.1) is 10.1 Å². The summed E-state index contributed by atoms with van der Waals surface area (Å²) in [4.78, 5) is 8.30.